The molecule has 1 aliphatic heterocycles. The third kappa shape index (κ3) is 2.77. The summed E-state index contributed by atoms with van der Waals surface area (Å²) in [5, 5.41) is 6.18. The van der Waals surface area contributed by atoms with Crippen LogP contribution in [0.5, 0.6) is 0 Å². The van der Waals surface area contributed by atoms with Gasteiger partial charge in [0.05, 0.1) is 9.90 Å². The highest BCUT2D eigenvalue weighted by Crippen LogP contribution is 2.32. The Kier molecular flexibility index (Phi) is 3.87. The molecule has 3 nitrogen and oxygen atoms in total. The molecule has 104 valence electrons. The Bertz CT molecular complexity index is 669. The molecule has 2 N–H and O–H groups in total. The van der Waals surface area contributed by atoms with Gasteiger partial charge < -0.3 is 10.6 Å². The normalized spacial score (nSPS) is 13.5. The van der Waals surface area contributed by atoms with Gasteiger partial charge in [0.25, 0.3) is 5.91 Å². The van der Waals surface area contributed by atoms with Gasteiger partial charge in [0.2, 0.25) is 0 Å². The number of amides is 1. The van der Waals surface area contributed by atoms with Crippen molar-refractivity contribution in [2.45, 2.75) is 12.8 Å². The predicted molar refractivity (Wildman–Crippen MR) is 85.5 cm³/mol. The van der Waals surface area contributed by atoms with Gasteiger partial charge in [0, 0.05) is 17.9 Å². The smallest absolute Gasteiger partial charge is 0.258 e. The van der Waals surface area contributed by atoms with Crippen molar-refractivity contribution in [3.8, 4) is 0 Å². The molecule has 0 unspecified atom stereocenters. The van der Waals surface area contributed by atoms with Gasteiger partial charge in [-0.15, -0.1) is 11.3 Å². The van der Waals surface area contributed by atoms with Crippen LogP contribution < -0.4 is 10.6 Å². The van der Waals surface area contributed by atoms with Crippen LogP contribution in [0, 0.1) is 0 Å². The van der Waals surface area contributed by atoms with E-state index in [1.54, 1.807) is 6.07 Å². The van der Waals surface area contributed by atoms with Crippen LogP contribution in [0.1, 0.15) is 22.3 Å². The first-order valence-electron chi connectivity index (χ1n) is 6.26. The Morgan fingerprint density at radius 1 is 1.30 bits per heavy atom. The van der Waals surface area contributed by atoms with Crippen LogP contribution in [0.2, 0.25) is 8.67 Å². The highest BCUT2D eigenvalue weighted by Gasteiger charge is 2.15. The monoisotopic (exact) mass is 326 g/mol. The molecule has 0 spiro atoms. The van der Waals surface area contributed by atoms with E-state index in [9.17, 15) is 4.79 Å². The highest BCUT2D eigenvalue weighted by atomic mass is 35.5. The second-order valence-corrected chi connectivity index (χ2v) is 6.88. The lowest BCUT2D eigenvalue weighted by atomic mass is 10.0. The van der Waals surface area contributed by atoms with Gasteiger partial charge in [-0.3, -0.25) is 4.79 Å². The second kappa shape index (κ2) is 5.64. The van der Waals surface area contributed by atoms with Crippen LogP contribution in [0.25, 0.3) is 0 Å². The van der Waals surface area contributed by atoms with Crippen molar-refractivity contribution >= 4 is 51.8 Å². The van der Waals surface area contributed by atoms with E-state index in [0.29, 0.717) is 14.2 Å². The molecule has 0 aliphatic carbocycles. The molecule has 1 aromatic heterocycles. The Morgan fingerprint density at radius 2 is 2.15 bits per heavy atom. The van der Waals surface area contributed by atoms with Crippen molar-refractivity contribution in [2.75, 3.05) is 17.2 Å². The molecule has 2 aromatic rings. The average Bonchev–Trinajstić information content (AvgIpc) is 2.78. The third-order valence-corrected chi connectivity index (χ3v) is 4.69. The van der Waals surface area contributed by atoms with Gasteiger partial charge in [-0.1, -0.05) is 29.3 Å². The first-order valence-corrected chi connectivity index (χ1v) is 7.84. The number of rotatable bonds is 2. The number of thiophene rings is 1. The molecule has 0 atom stereocenters. The maximum absolute atomic E-state index is 12.1. The van der Waals surface area contributed by atoms with Crippen molar-refractivity contribution in [1.82, 2.24) is 0 Å². The van der Waals surface area contributed by atoms with Crippen LogP contribution in [0.15, 0.2) is 24.3 Å². The van der Waals surface area contributed by atoms with E-state index in [1.807, 2.05) is 18.2 Å². The maximum Gasteiger partial charge on any atom is 0.258 e. The van der Waals surface area contributed by atoms with Crippen LogP contribution in [0.4, 0.5) is 11.4 Å². The molecule has 0 radical (unpaired) electrons. The fourth-order valence-corrected chi connectivity index (χ4v) is 3.69. The summed E-state index contributed by atoms with van der Waals surface area (Å²) < 4.78 is 0.913. The van der Waals surface area contributed by atoms with Gasteiger partial charge in [-0.05, 0) is 36.6 Å². The van der Waals surface area contributed by atoms with E-state index >= 15 is 0 Å². The first-order chi connectivity index (χ1) is 9.63. The van der Waals surface area contributed by atoms with Crippen molar-refractivity contribution in [2.24, 2.45) is 0 Å². The van der Waals surface area contributed by atoms with Crippen LogP contribution in [-0.4, -0.2) is 12.5 Å². The zero-order valence-electron chi connectivity index (χ0n) is 10.5. The molecule has 1 aliphatic rings. The minimum Gasteiger partial charge on any atom is -0.385 e. The molecule has 1 aromatic carbocycles. The van der Waals surface area contributed by atoms with Crippen LogP contribution in [0.3, 0.4) is 0 Å². The van der Waals surface area contributed by atoms with Crippen LogP contribution in [-0.2, 0) is 6.42 Å². The minimum atomic E-state index is -0.242. The number of anilines is 2. The lowest BCUT2D eigenvalue weighted by Crippen LogP contribution is -2.14. The number of halogens is 2. The number of fused-ring (bicyclic) bond motifs is 1. The molecule has 0 saturated heterocycles. The lowest BCUT2D eigenvalue weighted by molar-refractivity contribution is 0.102. The Balaban J connectivity index is 1.81. The molecule has 20 heavy (non-hydrogen) atoms. The van der Waals surface area contributed by atoms with E-state index < -0.39 is 0 Å². The molecule has 0 bridgehead atoms. The molecule has 0 fully saturated rings. The lowest BCUT2D eigenvalue weighted by Gasteiger charge is -2.18. The molecule has 6 heteroatoms. The third-order valence-electron chi connectivity index (χ3n) is 3.21. The first kappa shape index (κ1) is 13.7. The van der Waals surface area contributed by atoms with E-state index in [2.05, 4.69) is 10.6 Å². The van der Waals surface area contributed by atoms with Gasteiger partial charge in [0.1, 0.15) is 4.34 Å². The summed E-state index contributed by atoms with van der Waals surface area (Å²) in [5.74, 6) is -0.242. The summed E-state index contributed by atoms with van der Waals surface area (Å²) in [6, 6.07) is 7.49. The Hall–Kier alpha value is -1.23. The molecular weight excluding hydrogens is 315 g/mol. The Morgan fingerprint density at radius 3 is 2.90 bits per heavy atom. The molecule has 1 amide bonds. The van der Waals surface area contributed by atoms with Gasteiger partial charge in [0.15, 0.2) is 0 Å². The number of aryl methyl sites for hydroxylation is 1. The summed E-state index contributed by atoms with van der Waals surface area (Å²) >= 11 is 13.0. The Labute approximate surface area is 130 Å². The quantitative estimate of drug-likeness (QED) is 0.842. The molecule has 2 heterocycles. The van der Waals surface area contributed by atoms with E-state index in [-0.39, 0.29) is 5.91 Å². The van der Waals surface area contributed by atoms with Gasteiger partial charge in [-0.2, -0.15) is 0 Å². The van der Waals surface area contributed by atoms with Crippen molar-refractivity contribution in [1.29, 1.82) is 0 Å². The molecule has 3 rings (SSSR count). The van der Waals surface area contributed by atoms with Crippen LogP contribution >= 0.6 is 34.5 Å². The van der Waals surface area contributed by atoms with Crippen molar-refractivity contribution < 1.29 is 4.79 Å². The molecule has 0 saturated carbocycles. The summed E-state index contributed by atoms with van der Waals surface area (Å²) in [6.07, 6.45) is 2.21. The predicted octanol–water partition coefficient (Wildman–Crippen LogP) is 4.67. The number of benzene rings is 1. The summed E-state index contributed by atoms with van der Waals surface area (Å²) in [5.41, 5.74) is 3.53. The maximum atomic E-state index is 12.1. The fraction of sp³-hybridized carbons (Fsp3) is 0.214. The topological polar surface area (TPSA) is 41.1 Å². The largest absolute Gasteiger partial charge is 0.385 e. The number of hydrogen-bond donors (Lipinski definition) is 2. The van der Waals surface area contributed by atoms with Crippen molar-refractivity contribution in [3.05, 3.63) is 44.1 Å². The number of nitrogens with one attached hydrogen (secondary N) is 2. The van der Waals surface area contributed by atoms with E-state index in [4.69, 9.17) is 23.2 Å². The van der Waals surface area contributed by atoms with Gasteiger partial charge in [-0.25, -0.2) is 0 Å². The summed E-state index contributed by atoms with van der Waals surface area (Å²) in [4.78, 5) is 12.1. The average molecular weight is 327 g/mol. The van der Waals surface area contributed by atoms with Crippen molar-refractivity contribution in [3.63, 3.8) is 0 Å². The fourth-order valence-electron chi connectivity index (χ4n) is 2.23. The van der Waals surface area contributed by atoms with E-state index in [0.717, 1.165) is 30.8 Å². The zero-order valence-corrected chi connectivity index (χ0v) is 12.8. The van der Waals surface area contributed by atoms with E-state index in [1.165, 1.54) is 16.9 Å². The second-order valence-electron chi connectivity index (χ2n) is 4.59. The number of hydrogen-bond acceptors (Lipinski definition) is 3. The SMILES string of the molecule is O=C(Nc1ccc2c(c1)NCCC2)c1cc(Cl)sc1Cl. The molecular formula is C14H12Cl2N2OS. The number of carbonyl (C=O) groups excluding carboxylic acids is 1. The zero-order chi connectivity index (χ0) is 14.1. The number of carbonyl (C=O) groups is 1. The minimum absolute atomic E-state index is 0.242. The summed E-state index contributed by atoms with van der Waals surface area (Å²) in [6.45, 7) is 0.969. The summed E-state index contributed by atoms with van der Waals surface area (Å²) in [7, 11) is 0. The standard InChI is InChI=1S/C14H12Cl2N2OS/c15-12-7-10(13(16)20-12)14(19)18-9-4-3-8-2-1-5-17-11(8)6-9/h3-4,6-7,17H,1-2,5H2,(H,18,19). The highest BCUT2D eigenvalue weighted by molar-refractivity contribution is 7.20. The van der Waals surface area contributed by atoms with Gasteiger partial charge >= 0.3 is 0 Å².